The second-order valence-electron chi connectivity index (χ2n) is 6.44. The second-order valence-corrected chi connectivity index (χ2v) is 6.82. The molecule has 3 rings (SSSR count). The number of piperidine rings is 1. The van der Waals surface area contributed by atoms with Gasteiger partial charge in [-0.15, -0.1) is 0 Å². The van der Waals surface area contributed by atoms with Crippen molar-refractivity contribution < 1.29 is 18.7 Å². The predicted octanol–water partition coefficient (Wildman–Crippen LogP) is 2.71. The average molecular weight is 384 g/mol. The van der Waals surface area contributed by atoms with Crippen LogP contribution in [-0.4, -0.2) is 33.9 Å². The van der Waals surface area contributed by atoms with Gasteiger partial charge in [0.15, 0.2) is 5.82 Å². The first kappa shape index (κ1) is 18.3. The number of rotatable bonds is 3. The highest BCUT2D eigenvalue weighted by molar-refractivity contribution is 6.33. The van der Waals surface area contributed by atoms with Gasteiger partial charge in [0.1, 0.15) is 16.5 Å². The summed E-state index contributed by atoms with van der Waals surface area (Å²) in [6, 6.07) is 2.76. The summed E-state index contributed by atoms with van der Waals surface area (Å²) in [7, 11) is 0. The van der Waals surface area contributed by atoms with Crippen LogP contribution in [0.2, 0.25) is 5.02 Å². The van der Waals surface area contributed by atoms with E-state index in [0.29, 0.717) is 24.7 Å². The molecule has 26 heavy (non-hydrogen) atoms. The van der Waals surface area contributed by atoms with Crippen molar-refractivity contribution in [3.05, 3.63) is 51.4 Å². The molecule has 2 unspecified atom stereocenters. The second kappa shape index (κ2) is 7.03. The van der Waals surface area contributed by atoms with Gasteiger partial charge in [-0.2, -0.15) is 9.78 Å². The van der Waals surface area contributed by atoms with Crippen LogP contribution < -0.4 is 10.5 Å². The molecule has 6 nitrogen and oxygen atoms in total. The lowest BCUT2D eigenvalue weighted by Gasteiger charge is -2.36. The Morgan fingerprint density at radius 2 is 2.04 bits per heavy atom. The molecule has 2 heterocycles. The zero-order chi connectivity index (χ0) is 19.0. The van der Waals surface area contributed by atoms with Gasteiger partial charge in [0.25, 0.3) is 5.56 Å². The minimum absolute atomic E-state index is 0.0953. The maximum Gasteiger partial charge on any atom is 0.308 e. The van der Waals surface area contributed by atoms with Gasteiger partial charge in [-0.1, -0.05) is 18.5 Å². The lowest BCUT2D eigenvalue weighted by atomic mass is 9.90. The number of anilines is 1. The molecular weight excluding hydrogens is 368 g/mol. The van der Waals surface area contributed by atoms with E-state index >= 15 is 0 Å². The number of carboxylic acid groups (broad SMARTS) is 1. The third kappa shape index (κ3) is 3.41. The summed E-state index contributed by atoms with van der Waals surface area (Å²) < 4.78 is 27.7. The number of aliphatic carboxylic acids is 1. The molecule has 1 aromatic carbocycles. The van der Waals surface area contributed by atoms with E-state index in [2.05, 4.69) is 5.10 Å². The van der Waals surface area contributed by atoms with Crippen LogP contribution in [0.25, 0.3) is 5.69 Å². The molecule has 0 aliphatic carbocycles. The molecule has 2 aromatic rings. The highest BCUT2D eigenvalue weighted by Crippen LogP contribution is 2.29. The van der Waals surface area contributed by atoms with E-state index in [-0.39, 0.29) is 23.2 Å². The molecule has 9 heteroatoms. The molecule has 2 atom stereocenters. The van der Waals surface area contributed by atoms with E-state index in [1.165, 1.54) is 6.20 Å². The van der Waals surface area contributed by atoms with E-state index < -0.39 is 29.1 Å². The van der Waals surface area contributed by atoms with Crippen LogP contribution in [0.5, 0.6) is 0 Å². The number of halogens is 3. The average Bonchev–Trinajstić information content (AvgIpc) is 2.57. The molecule has 0 radical (unpaired) electrons. The van der Waals surface area contributed by atoms with Gasteiger partial charge in [-0.25, -0.2) is 8.78 Å². The van der Waals surface area contributed by atoms with E-state index in [1.807, 2.05) is 6.92 Å². The maximum absolute atomic E-state index is 13.9. The Morgan fingerprint density at radius 3 is 2.69 bits per heavy atom. The fourth-order valence-electron chi connectivity index (χ4n) is 3.20. The topological polar surface area (TPSA) is 75.4 Å². The number of hydrogen-bond acceptors (Lipinski definition) is 4. The summed E-state index contributed by atoms with van der Waals surface area (Å²) in [6.07, 6.45) is 1.83. The minimum Gasteiger partial charge on any atom is -0.481 e. The van der Waals surface area contributed by atoms with Crippen LogP contribution >= 0.6 is 11.6 Å². The van der Waals surface area contributed by atoms with Crippen molar-refractivity contribution in [2.75, 3.05) is 18.0 Å². The van der Waals surface area contributed by atoms with Gasteiger partial charge < -0.3 is 10.0 Å². The van der Waals surface area contributed by atoms with Gasteiger partial charge in [-0.05, 0) is 24.5 Å². The fourth-order valence-corrected chi connectivity index (χ4v) is 3.44. The fraction of sp³-hybridized carbons (Fsp3) is 0.353. The molecule has 1 aliphatic rings. The van der Waals surface area contributed by atoms with E-state index in [0.717, 1.165) is 16.8 Å². The molecule has 1 saturated heterocycles. The molecule has 0 bridgehead atoms. The SMILES string of the molecule is CC1CC(C(=O)O)CN(c2cnn(-c3ccc(F)cc3F)c(=O)c2Cl)C1. The van der Waals surface area contributed by atoms with Gasteiger partial charge in [0.05, 0.1) is 17.8 Å². The molecule has 1 aromatic heterocycles. The van der Waals surface area contributed by atoms with Crippen LogP contribution in [0.3, 0.4) is 0 Å². The Bertz CT molecular complexity index is 919. The first-order chi connectivity index (χ1) is 12.3. The van der Waals surface area contributed by atoms with Crippen molar-refractivity contribution in [3.8, 4) is 5.69 Å². The Hall–Kier alpha value is -2.48. The highest BCUT2D eigenvalue weighted by atomic mass is 35.5. The summed E-state index contributed by atoms with van der Waals surface area (Å²) in [5.74, 6) is -3.11. The van der Waals surface area contributed by atoms with E-state index in [9.17, 15) is 23.5 Å². The quantitative estimate of drug-likeness (QED) is 0.882. The van der Waals surface area contributed by atoms with Crippen LogP contribution in [0.4, 0.5) is 14.5 Å². The zero-order valence-corrected chi connectivity index (χ0v) is 14.6. The van der Waals surface area contributed by atoms with Crippen LogP contribution in [-0.2, 0) is 4.79 Å². The zero-order valence-electron chi connectivity index (χ0n) is 13.8. The lowest BCUT2D eigenvalue weighted by molar-refractivity contribution is -0.142. The maximum atomic E-state index is 13.9. The molecule has 0 saturated carbocycles. The van der Waals surface area contributed by atoms with Crippen molar-refractivity contribution in [1.82, 2.24) is 9.78 Å². The predicted molar refractivity (Wildman–Crippen MR) is 91.9 cm³/mol. The third-order valence-electron chi connectivity index (χ3n) is 4.39. The van der Waals surface area contributed by atoms with Crippen LogP contribution in [0.15, 0.2) is 29.2 Å². The minimum atomic E-state index is -0.944. The lowest BCUT2D eigenvalue weighted by Crippen LogP contribution is -2.43. The van der Waals surface area contributed by atoms with E-state index in [1.54, 1.807) is 4.90 Å². The summed E-state index contributed by atoms with van der Waals surface area (Å²) in [6.45, 7) is 2.65. The van der Waals surface area contributed by atoms with Crippen LogP contribution in [0.1, 0.15) is 13.3 Å². The Balaban J connectivity index is 2.00. The molecule has 138 valence electrons. The molecular formula is C17H16ClF2N3O3. The van der Waals surface area contributed by atoms with Crippen LogP contribution in [0, 0.1) is 23.5 Å². The first-order valence-electron chi connectivity index (χ1n) is 7.99. The van der Waals surface area contributed by atoms with Gasteiger partial charge >= 0.3 is 5.97 Å². The largest absolute Gasteiger partial charge is 0.481 e. The van der Waals surface area contributed by atoms with Gasteiger partial charge in [-0.3, -0.25) is 9.59 Å². The number of nitrogens with zero attached hydrogens (tertiary/aromatic N) is 3. The Labute approximate surface area is 152 Å². The highest BCUT2D eigenvalue weighted by Gasteiger charge is 2.31. The number of carbonyl (C=O) groups is 1. The Morgan fingerprint density at radius 1 is 1.31 bits per heavy atom. The standard InChI is InChI=1S/C17H16ClF2N3O3/c1-9-4-10(17(25)26)8-22(7-9)14-6-21-23(16(24)15(14)18)13-3-2-11(19)5-12(13)20/h2-3,5-6,9-10H,4,7-8H2,1H3,(H,25,26). The molecule has 0 spiro atoms. The molecule has 0 amide bonds. The number of hydrogen-bond donors (Lipinski definition) is 1. The smallest absolute Gasteiger partial charge is 0.308 e. The van der Waals surface area contributed by atoms with Crippen molar-refractivity contribution in [2.45, 2.75) is 13.3 Å². The molecule has 1 fully saturated rings. The normalized spacial score (nSPS) is 20.2. The van der Waals surface area contributed by atoms with E-state index in [4.69, 9.17) is 11.6 Å². The number of benzene rings is 1. The summed E-state index contributed by atoms with van der Waals surface area (Å²) in [5.41, 5.74) is -0.687. The summed E-state index contributed by atoms with van der Waals surface area (Å²) >= 11 is 6.18. The summed E-state index contributed by atoms with van der Waals surface area (Å²) in [4.78, 5) is 25.6. The van der Waals surface area contributed by atoms with Gasteiger partial charge in [0, 0.05) is 19.2 Å². The van der Waals surface area contributed by atoms with Crippen molar-refractivity contribution in [3.63, 3.8) is 0 Å². The number of carboxylic acids is 1. The Kier molecular flexibility index (Phi) is 4.95. The van der Waals surface area contributed by atoms with Gasteiger partial charge in [0.2, 0.25) is 0 Å². The van der Waals surface area contributed by atoms with Crippen molar-refractivity contribution >= 4 is 23.3 Å². The summed E-state index contributed by atoms with van der Waals surface area (Å²) in [5, 5.41) is 13.0. The monoisotopic (exact) mass is 383 g/mol. The first-order valence-corrected chi connectivity index (χ1v) is 8.36. The third-order valence-corrected chi connectivity index (χ3v) is 4.74. The van der Waals surface area contributed by atoms with Crippen molar-refractivity contribution in [2.24, 2.45) is 11.8 Å². The van der Waals surface area contributed by atoms with Crippen molar-refractivity contribution in [1.29, 1.82) is 0 Å². The number of aromatic nitrogens is 2. The molecule has 1 N–H and O–H groups in total. The molecule has 1 aliphatic heterocycles.